The van der Waals surface area contributed by atoms with E-state index in [9.17, 15) is 28.8 Å². The van der Waals surface area contributed by atoms with Crippen LogP contribution in [-0.2, 0) is 28.8 Å². The Bertz CT molecular complexity index is 768. The molecule has 0 aromatic rings. The highest BCUT2D eigenvalue weighted by Gasteiger charge is 2.29. The maximum Gasteiger partial charge on any atom is 0.322 e. The van der Waals surface area contributed by atoms with Crippen LogP contribution in [0.2, 0.25) is 0 Å². The van der Waals surface area contributed by atoms with Gasteiger partial charge in [0.25, 0.3) is 0 Å². The molecule has 3 unspecified atom stereocenters. The zero-order valence-electron chi connectivity index (χ0n) is 17.8. The number of primary amides is 1. The first-order chi connectivity index (χ1) is 15.3. The van der Waals surface area contributed by atoms with Crippen molar-refractivity contribution in [2.24, 2.45) is 27.9 Å². The van der Waals surface area contributed by atoms with Gasteiger partial charge in [-0.1, -0.05) is 0 Å². The van der Waals surface area contributed by atoms with Gasteiger partial charge in [-0.15, -0.1) is 0 Å². The van der Waals surface area contributed by atoms with Crippen molar-refractivity contribution in [3.05, 3.63) is 0 Å². The summed E-state index contributed by atoms with van der Waals surface area (Å²) in [5.41, 5.74) is 21.2. The van der Waals surface area contributed by atoms with Gasteiger partial charge in [0.15, 0.2) is 5.96 Å². The Balaban J connectivity index is 5.22. The number of aliphatic imine (C=N–C) groups is 1. The molecule has 0 fully saturated rings. The minimum Gasteiger partial charge on any atom is -0.481 e. The number of carbonyl (C=O) groups excluding carboxylic acids is 4. The third kappa shape index (κ3) is 13.9. The number of hydrogen-bond donors (Lipinski definition) is 9. The van der Waals surface area contributed by atoms with E-state index in [2.05, 4.69) is 15.6 Å². The van der Waals surface area contributed by atoms with Crippen LogP contribution in [0.15, 0.2) is 4.99 Å². The van der Waals surface area contributed by atoms with Gasteiger partial charge in [-0.2, -0.15) is 0 Å². The van der Waals surface area contributed by atoms with E-state index < -0.39 is 73.1 Å². The van der Waals surface area contributed by atoms with E-state index in [0.717, 1.165) is 0 Å². The number of nitrogens with two attached hydrogens (primary N) is 4. The lowest BCUT2D eigenvalue weighted by Gasteiger charge is -2.23. The van der Waals surface area contributed by atoms with Gasteiger partial charge < -0.3 is 49.1 Å². The molecule has 16 nitrogen and oxygen atoms in total. The van der Waals surface area contributed by atoms with Gasteiger partial charge in [0.1, 0.15) is 18.6 Å². The zero-order valence-corrected chi connectivity index (χ0v) is 17.8. The molecule has 186 valence electrons. The minimum absolute atomic E-state index is 0.129. The van der Waals surface area contributed by atoms with Crippen molar-refractivity contribution in [3.63, 3.8) is 0 Å². The molecule has 0 aromatic heterocycles. The third-order valence-electron chi connectivity index (χ3n) is 4.04. The molecular formula is C17H30N8O8. The number of carbonyl (C=O) groups is 6. The summed E-state index contributed by atoms with van der Waals surface area (Å²) in [5, 5.41) is 24.0. The second-order valence-corrected chi connectivity index (χ2v) is 6.89. The normalized spacial score (nSPS) is 13.0. The van der Waals surface area contributed by atoms with E-state index in [-0.39, 0.29) is 25.3 Å². The summed E-state index contributed by atoms with van der Waals surface area (Å²) in [5.74, 6) is -6.49. The standard InChI is InChI=1S/C17H30N8O8/c18-8(2-1-5-22-17(20)21)14(31)25-10(6-11(19)26)16(33)24-9(3-4-12(27)28)15(32)23-7-13(29)30/h8-10H,1-7,18H2,(H2,19,26)(H,23,32)(H,24,33)(H,25,31)(H,27,28)(H,29,30)(H4,20,21,22). The van der Waals surface area contributed by atoms with Crippen LogP contribution in [0.3, 0.4) is 0 Å². The fraction of sp³-hybridized carbons (Fsp3) is 0.588. The fourth-order valence-corrected chi connectivity index (χ4v) is 2.43. The van der Waals surface area contributed by atoms with Crippen LogP contribution < -0.4 is 38.9 Å². The number of carboxylic acid groups (broad SMARTS) is 2. The van der Waals surface area contributed by atoms with Gasteiger partial charge in [0.05, 0.1) is 12.5 Å². The van der Waals surface area contributed by atoms with Gasteiger partial charge in [-0.25, -0.2) is 0 Å². The molecule has 13 N–H and O–H groups in total. The minimum atomic E-state index is -1.52. The topological polar surface area (TPSA) is 295 Å². The fourth-order valence-electron chi connectivity index (χ4n) is 2.43. The smallest absolute Gasteiger partial charge is 0.322 e. The van der Waals surface area contributed by atoms with Gasteiger partial charge in [-0.05, 0) is 19.3 Å². The molecular weight excluding hydrogens is 444 g/mol. The first kappa shape index (κ1) is 29.0. The summed E-state index contributed by atoms with van der Waals surface area (Å²) in [6.07, 6.45) is -1.06. The summed E-state index contributed by atoms with van der Waals surface area (Å²) in [6.45, 7) is -0.556. The van der Waals surface area contributed by atoms with E-state index in [1.807, 2.05) is 5.32 Å². The Labute approximate surface area is 188 Å². The van der Waals surface area contributed by atoms with Crippen molar-refractivity contribution in [3.8, 4) is 0 Å². The van der Waals surface area contributed by atoms with Crippen molar-refractivity contribution in [1.29, 1.82) is 0 Å². The highest BCUT2D eigenvalue weighted by Crippen LogP contribution is 2.03. The molecule has 3 atom stereocenters. The number of hydrogen-bond acceptors (Lipinski definition) is 8. The van der Waals surface area contributed by atoms with Gasteiger partial charge in [0.2, 0.25) is 23.6 Å². The SMILES string of the molecule is NC(=O)CC(NC(=O)C(N)CCCN=C(N)N)C(=O)NC(CCC(=O)O)C(=O)NCC(=O)O. The highest BCUT2D eigenvalue weighted by atomic mass is 16.4. The van der Waals surface area contributed by atoms with Crippen LogP contribution >= 0.6 is 0 Å². The summed E-state index contributed by atoms with van der Waals surface area (Å²) in [4.78, 5) is 73.6. The molecule has 0 aliphatic carbocycles. The maximum absolute atomic E-state index is 12.6. The molecule has 0 heterocycles. The van der Waals surface area contributed by atoms with E-state index in [4.69, 9.17) is 33.1 Å². The van der Waals surface area contributed by atoms with Crippen LogP contribution in [0.1, 0.15) is 32.1 Å². The number of aliphatic carboxylic acids is 2. The van der Waals surface area contributed by atoms with Crippen LogP contribution in [0.25, 0.3) is 0 Å². The average Bonchev–Trinajstić information content (AvgIpc) is 2.70. The van der Waals surface area contributed by atoms with Gasteiger partial charge in [-0.3, -0.25) is 33.8 Å². The predicted octanol–water partition coefficient (Wildman–Crippen LogP) is -4.72. The van der Waals surface area contributed by atoms with Crippen LogP contribution in [0.5, 0.6) is 0 Å². The largest absolute Gasteiger partial charge is 0.481 e. The molecule has 0 aromatic carbocycles. The number of amides is 4. The van der Waals surface area contributed by atoms with Crippen molar-refractivity contribution < 1.29 is 39.0 Å². The number of guanidine groups is 1. The number of nitrogens with one attached hydrogen (secondary N) is 3. The van der Waals surface area contributed by atoms with Crippen molar-refractivity contribution >= 4 is 41.5 Å². The van der Waals surface area contributed by atoms with Gasteiger partial charge in [0, 0.05) is 13.0 Å². The average molecular weight is 474 g/mol. The second kappa shape index (κ2) is 15.0. The third-order valence-corrected chi connectivity index (χ3v) is 4.04. The molecule has 0 rings (SSSR count). The van der Waals surface area contributed by atoms with Gasteiger partial charge >= 0.3 is 11.9 Å². The van der Waals surface area contributed by atoms with E-state index >= 15 is 0 Å². The molecule has 0 saturated carbocycles. The summed E-state index contributed by atoms with van der Waals surface area (Å²) in [7, 11) is 0. The van der Waals surface area contributed by atoms with Crippen molar-refractivity contribution in [2.45, 2.75) is 50.2 Å². The van der Waals surface area contributed by atoms with E-state index in [0.29, 0.717) is 6.42 Å². The monoisotopic (exact) mass is 474 g/mol. The Hall–Kier alpha value is -3.95. The zero-order chi connectivity index (χ0) is 25.6. The molecule has 16 heteroatoms. The predicted molar refractivity (Wildman–Crippen MR) is 113 cm³/mol. The summed E-state index contributed by atoms with van der Waals surface area (Å²) in [6, 6.07) is -4.05. The molecule has 0 saturated heterocycles. The number of carboxylic acids is 2. The highest BCUT2D eigenvalue weighted by molar-refractivity contribution is 5.96. The lowest BCUT2D eigenvalue weighted by Crippen LogP contribution is -2.56. The first-order valence-corrected chi connectivity index (χ1v) is 9.74. The Morgan fingerprint density at radius 1 is 0.818 bits per heavy atom. The Morgan fingerprint density at radius 3 is 1.94 bits per heavy atom. The lowest BCUT2D eigenvalue weighted by molar-refractivity contribution is -0.140. The maximum atomic E-state index is 12.6. The number of nitrogens with zero attached hydrogens (tertiary/aromatic N) is 1. The van der Waals surface area contributed by atoms with E-state index in [1.54, 1.807) is 0 Å². The van der Waals surface area contributed by atoms with E-state index in [1.165, 1.54) is 0 Å². The van der Waals surface area contributed by atoms with Crippen molar-refractivity contribution in [2.75, 3.05) is 13.1 Å². The second-order valence-electron chi connectivity index (χ2n) is 6.89. The van der Waals surface area contributed by atoms with Crippen LogP contribution in [0.4, 0.5) is 0 Å². The first-order valence-electron chi connectivity index (χ1n) is 9.74. The molecule has 0 radical (unpaired) electrons. The Kier molecular flexibility index (Phi) is 13.2. The molecule has 33 heavy (non-hydrogen) atoms. The molecule has 0 aliphatic heterocycles. The van der Waals surface area contributed by atoms with Crippen LogP contribution in [0, 0.1) is 0 Å². The molecule has 0 spiro atoms. The molecule has 0 aliphatic rings. The lowest BCUT2D eigenvalue weighted by atomic mass is 10.1. The summed E-state index contributed by atoms with van der Waals surface area (Å²) >= 11 is 0. The van der Waals surface area contributed by atoms with Crippen LogP contribution in [-0.4, -0.2) is 83.0 Å². The van der Waals surface area contributed by atoms with Crippen molar-refractivity contribution in [1.82, 2.24) is 16.0 Å². The Morgan fingerprint density at radius 2 is 1.42 bits per heavy atom. The molecule has 0 bridgehead atoms. The number of rotatable bonds is 16. The summed E-state index contributed by atoms with van der Waals surface area (Å²) < 4.78 is 0. The quantitative estimate of drug-likeness (QED) is 0.0581. The molecule has 4 amide bonds.